The lowest BCUT2D eigenvalue weighted by Crippen LogP contribution is -2.08. The Hall–Kier alpha value is -3.78. The van der Waals surface area contributed by atoms with Crippen LogP contribution in [0.5, 0.6) is 0 Å². The van der Waals surface area contributed by atoms with Crippen LogP contribution in [0.1, 0.15) is 25.6 Å². The van der Waals surface area contributed by atoms with Crippen LogP contribution in [-0.2, 0) is 9.47 Å². The Bertz CT molecular complexity index is 1250. The molecule has 2 aromatic heterocycles. The normalized spacial score (nSPS) is 10.7. The molecule has 2 aromatic carbocycles. The number of benzene rings is 2. The maximum Gasteiger partial charge on any atom is 0.337 e. The molecule has 156 valence electrons. The van der Waals surface area contributed by atoms with E-state index in [4.69, 9.17) is 9.47 Å². The van der Waals surface area contributed by atoms with Crippen LogP contribution in [0.3, 0.4) is 0 Å². The van der Waals surface area contributed by atoms with Crippen molar-refractivity contribution in [3.8, 4) is 11.1 Å². The minimum atomic E-state index is -0.557. The number of aryl methyl sites for hydroxylation is 1. The summed E-state index contributed by atoms with van der Waals surface area (Å²) in [5, 5.41) is 4.12. The molecule has 0 aliphatic carbocycles. The highest BCUT2D eigenvalue weighted by molar-refractivity contribution is 7.19. The van der Waals surface area contributed by atoms with Crippen molar-refractivity contribution in [2.45, 2.75) is 6.92 Å². The number of fused-ring (bicyclic) bond motifs is 1. The Morgan fingerprint density at radius 2 is 1.58 bits per heavy atom. The Labute approximate surface area is 182 Å². The lowest BCUT2D eigenvalue weighted by molar-refractivity contribution is 0.0599. The van der Waals surface area contributed by atoms with Crippen molar-refractivity contribution in [3.05, 3.63) is 70.9 Å². The largest absolute Gasteiger partial charge is 0.465 e. The SMILES string of the molecule is COC(=O)c1cc(Nc2ncnc3sc(C)c(-c4ccccc4)c23)cc(C(=O)OC)c1. The van der Waals surface area contributed by atoms with Gasteiger partial charge in [0, 0.05) is 16.1 Å². The molecule has 1 N–H and O–H groups in total. The van der Waals surface area contributed by atoms with E-state index in [1.54, 1.807) is 23.5 Å². The van der Waals surface area contributed by atoms with E-state index in [9.17, 15) is 9.59 Å². The average molecular weight is 433 g/mol. The molecule has 0 radical (unpaired) electrons. The third-order valence-electron chi connectivity index (χ3n) is 4.76. The van der Waals surface area contributed by atoms with Gasteiger partial charge in [0.25, 0.3) is 0 Å². The first-order valence-electron chi connectivity index (χ1n) is 9.40. The molecule has 0 amide bonds. The van der Waals surface area contributed by atoms with Crippen LogP contribution in [0, 0.1) is 6.92 Å². The number of esters is 2. The van der Waals surface area contributed by atoms with Crippen molar-refractivity contribution in [3.63, 3.8) is 0 Å². The lowest BCUT2D eigenvalue weighted by atomic mass is 10.0. The van der Waals surface area contributed by atoms with Gasteiger partial charge in [-0.2, -0.15) is 0 Å². The molecule has 0 atom stereocenters. The van der Waals surface area contributed by atoms with Crippen molar-refractivity contribution in [1.29, 1.82) is 0 Å². The molecule has 0 bridgehead atoms. The Balaban J connectivity index is 1.86. The van der Waals surface area contributed by atoms with E-state index in [1.807, 2.05) is 37.3 Å². The minimum absolute atomic E-state index is 0.225. The van der Waals surface area contributed by atoms with Crippen LogP contribution >= 0.6 is 11.3 Å². The number of hydrogen-bond acceptors (Lipinski definition) is 8. The first kappa shape index (κ1) is 20.5. The fraction of sp³-hybridized carbons (Fsp3) is 0.130. The zero-order chi connectivity index (χ0) is 22.0. The second kappa shape index (κ2) is 8.53. The number of aromatic nitrogens is 2. The van der Waals surface area contributed by atoms with E-state index >= 15 is 0 Å². The molecule has 4 aromatic rings. The smallest absolute Gasteiger partial charge is 0.337 e. The van der Waals surface area contributed by atoms with Crippen LogP contribution in [0.15, 0.2) is 54.9 Å². The number of methoxy groups -OCH3 is 2. The summed E-state index contributed by atoms with van der Waals surface area (Å²) in [6.45, 7) is 2.05. The van der Waals surface area contributed by atoms with Crippen LogP contribution in [0.2, 0.25) is 0 Å². The highest BCUT2D eigenvalue weighted by Crippen LogP contribution is 2.41. The zero-order valence-electron chi connectivity index (χ0n) is 17.1. The third-order valence-corrected chi connectivity index (χ3v) is 5.78. The van der Waals surface area contributed by atoms with Gasteiger partial charge in [-0.15, -0.1) is 11.3 Å². The van der Waals surface area contributed by atoms with Crippen molar-refractivity contribution < 1.29 is 19.1 Å². The molecule has 4 rings (SSSR count). The van der Waals surface area contributed by atoms with E-state index in [2.05, 4.69) is 15.3 Å². The summed E-state index contributed by atoms with van der Waals surface area (Å²) in [5.41, 5.74) is 3.06. The molecule has 0 aliphatic rings. The molecule has 2 heterocycles. The summed E-state index contributed by atoms with van der Waals surface area (Å²) in [4.78, 5) is 35.0. The van der Waals surface area contributed by atoms with Gasteiger partial charge in [0.05, 0.1) is 30.7 Å². The molecule has 0 spiro atoms. The molecule has 0 aliphatic heterocycles. The molecule has 0 fully saturated rings. The maximum absolute atomic E-state index is 12.1. The topological polar surface area (TPSA) is 90.4 Å². The molecule has 0 unspecified atom stereocenters. The van der Waals surface area contributed by atoms with Gasteiger partial charge in [0.2, 0.25) is 0 Å². The van der Waals surface area contributed by atoms with Gasteiger partial charge in [0.1, 0.15) is 17.0 Å². The van der Waals surface area contributed by atoms with Crippen LogP contribution < -0.4 is 5.32 Å². The molecule has 7 nitrogen and oxygen atoms in total. The van der Waals surface area contributed by atoms with E-state index in [0.717, 1.165) is 26.2 Å². The predicted octanol–water partition coefficient (Wildman–Crippen LogP) is 4.98. The highest BCUT2D eigenvalue weighted by Gasteiger charge is 2.18. The Morgan fingerprint density at radius 3 is 2.19 bits per heavy atom. The number of ether oxygens (including phenoxy) is 2. The monoisotopic (exact) mass is 433 g/mol. The van der Waals surface area contributed by atoms with Crippen LogP contribution in [0.25, 0.3) is 21.3 Å². The fourth-order valence-electron chi connectivity index (χ4n) is 3.40. The van der Waals surface area contributed by atoms with E-state index in [0.29, 0.717) is 11.5 Å². The van der Waals surface area contributed by atoms with Gasteiger partial charge in [-0.25, -0.2) is 19.6 Å². The van der Waals surface area contributed by atoms with Crippen molar-refractivity contribution in [1.82, 2.24) is 9.97 Å². The number of carbonyl (C=O) groups is 2. The van der Waals surface area contributed by atoms with E-state index in [1.165, 1.54) is 26.6 Å². The second-order valence-corrected chi connectivity index (χ2v) is 7.91. The summed E-state index contributed by atoms with van der Waals surface area (Å²) in [5.74, 6) is -0.540. The molecular weight excluding hydrogens is 414 g/mol. The number of nitrogens with zero attached hydrogens (tertiary/aromatic N) is 2. The average Bonchev–Trinajstić information content (AvgIpc) is 3.15. The first-order chi connectivity index (χ1) is 15.0. The van der Waals surface area contributed by atoms with Crippen molar-refractivity contribution in [2.24, 2.45) is 0 Å². The summed E-state index contributed by atoms with van der Waals surface area (Å²) in [6.07, 6.45) is 1.49. The highest BCUT2D eigenvalue weighted by atomic mass is 32.1. The van der Waals surface area contributed by atoms with E-state index in [-0.39, 0.29) is 11.1 Å². The Morgan fingerprint density at radius 1 is 0.935 bits per heavy atom. The van der Waals surface area contributed by atoms with Gasteiger partial charge in [-0.1, -0.05) is 30.3 Å². The number of thiophene rings is 1. The summed E-state index contributed by atoms with van der Waals surface area (Å²) in [6, 6.07) is 14.7. The number of rotatable bonds is 5. The second-order valence-electron chi connectivity index (χ2n) is 6.71. The number of hydrogen-bond donors (Lipinski definition) is 1. The molecule has 0 saturated heterocycles. The quantitative estimate of drug-likeness (QED) is 0.444. The minimum Gasteiger partial charge on any atom is -0.465 e. The van der Waals surface area contributed by atoms with Crippen molar-refractivity contribution in [2.75, 3.05) is 19.5 Å². The van der Waals surface area contributed by atoms with E-state index < -0.39 is 11.9 Å². The molecular formula is C23H19N3O4S. The first-order valence-corrected chi connectivity index (χ1v) is 10.2. The number of nitrogens with one attached hydrogen (secondary N) is 1. The predicted molar refractivity (Wildman–Crippen MR) is 120 cm³/mol. The fourth-order valence-corrected chi connectivity index (χ4v) is 4.41. The summed E-state index contributed by atoms with van der Waals surface area (Å²) in [7, 11) is 2.57. The van der Waals surface area contributed by atoms with Gasteiger partial charge in [0.15, 0.2) is 0 Å². The van der Waals surface area contributed by atoms with Crippen LogP contribution in [-0.4, -0.2) is 36.1 Å². The molecule has 0 saturated carbocycles. The van der Waals surface area contributed by atoms with Gasteiger partial charge in [-0.05, 0) is 30.7 Å². The maximum atomic E-state index is 12.1. The lowest BCUT2D eigenvalue weighted by Gasteiger charge is -2.12. The third kappa shape index (κ3) is 3.97. The number of carbonyl (C=O) groups excluding carboxylic acids is 2. The number of anilines is 2. The van der Waals surface area contributed by atoms with Gasteiger partial charge >= 0.3 is 11.9 Å². The Kier molecular flexibility index (Phi) is 5.64. The summed E-state index contributed by atoms with van der Waals surface area (Å²) < 4.78 is 9.64. The van der Waals surface area contributed by atoms with Crippen LogP contribution in [0.4, 0.5) is 11.5 Å². The van der Waals surface area contributed by atoms with Crippen molar-refractivity contribution >= 4 is 45.0 Å². The molecule has 8 heteroatoms. The summed E-state index contributed by atoms with van der Waals surface area (Å²) >= 11 is 1.58. The standard InChI is InChI=1S/C23H19N3O4S/c1-13-18(14-7-5-4-6-8-14)19-20(24-12-25-21(19)31-13)26-17-10-15(22(27)29-2)9-16(11-17)23(28)30-3/h4-12H,1-3H3,(H,24,25,26). The zero-order valence-corrected chi connectivity index (χ0v) is 17.9. The van der Waals surface area contributed by atoms with Gasteiger partial charge in [-0.3, -0.25) is 0 Å². The molecule has 31 heavy (non-hydrogen) atoms. The van der Waals surface area contributed by atoms with Gasteiger partial charge < -0.3 is 14.8 Å².